The normalized spacial score (nSPS) is 23.1. The lowest BCUT2D eigenvalue weighted by atomic mass is 10.1. The van der Waals surface area contributed by atoms with Crippen molar-refractivity contribution < 1.29 is 0 Å². The van der Waals surface area contributed by atoms with E-state index < -0.39 is 0 Å². The zero-order valence-electron chi connectivity index (χ0n) is 13.0. The van der Waals surface area contributed by atoms with Crippen LogP contribution in [0.1, 0.15) is 25.7 Å². The first-order valence-corrected chi connectivity index (χ1v) is 7.81. The quantitative estimate of drug-likeness (QED) is 0.873. The van der Waals surface area contributed by atoms with Crippen molar-refractivity contribution in [3.63, 3.8) is 0 Å². The SMILES string of the molecule is CN(C)C1CCN(c2nc(N)nc(N3CCCCC3)n2)C1. The van der Waals surface area contributed by atoms with E-state index in [0.29, 0.717) is 12.0 Å². The number of nitrogen functional groups attached to an aromatic ring is 1. The Morgan fingerprint density at radius 2 is 1.62 bits per heavy atom. The Bertz CT molecular complexity index is 484. The van der Waals surface area contributed by atoms with E-state index in [0.717, 1.165) is 44.5 Å². The Kier molecular flexibility index (Phi) is 4.10. The monoisotopic (exact) mass is 291 g/mol. The van der Waals surface area contributed by atoms with Crippen molar-refractivity contribution in [1.82, 2.24) is 19.9 Å². The second-order valence-electron chi connectivity index (χ2n) is 6.19. The topological polar surface area (TPSA) is 74.4 Å². The number of nitrogens with two attached hydrogens (primary N) is 1. The summed E-state index contributed by atoms with van der Waals surface area (Å²) in [6.07, 6.45) is 4.83. The molecule has 0 saturated carbocycles. The van der Waals surface area contributed by atoms with Crippen molar-refractivity contribution in [2.75, 3.05) is 55.8 Å². The van der Waals surface area contributed by atoms with Crippen LogP contribution in [-0.2, 0) is 0 Å². The number of hydrogen-bond donors (Lipinski definition) is 1. The summed E-state index contributed by atoms with van der Waals surface area (Å²) >= 11 is 0. The van der Waals surface area contributed by atoms with Crippen LogP contribution in [0.4, 0.5) is 17.8 Å². The van der Waals surface area contributed by atoms with Crippen LogP contribution in [0, 0.1) is 0 Å². The van der Waals surface area contributed by atoms with Gasteiger partial charge in [0.2, 0.25) is 17.8 Å². The highest BCUT2D eigenvalue weighted by Gasteiger charge is 2.27. The van der Waals surface area contributed by atoms with E-state index in [9.17, 15) is 0 Å². The van der Waals surface area contributed by atoms with E-state index in [4.69, 9.17) is 5.73 Å². The van der Waals surface area contributed by atoms with Gasteiger partial charge in [-0.15, -0.1) is 0 Å². The van der Waals surface area contributed by atoms with Crippen molar-refractivity contribution in [2.45, 2.75) is 31.7 Å². The van der Waals surface area contributed by atoms with Crippen LogP contribution in [0.3, 0.4) is 0 Å². The molecule has 0 amide bonds. The highest BCUT2D eigenvalue weighted by atomic mass is 15.4. The molecule has 2 fully saturated rings. The van der Waals surface area contributed by atoms with Gasteiger partial charge in [0, 0.05) is 32.2 Å². The number of aromatic nitrogens is 3. The number of nitrogens with zero attached hydrogens (tertiary/aromatic N) is 6. The molecule has 21 heavy (non-hydrogen) atoms. The Balaban J connectivity index is 1.78. The molecular weight excluding hydrogens is 266 g/mol. The van der Waals surface area contributed by atoms with Crippen LogP contribution in [0.15, 0.2) is 0 Å². The third-order valence-electron chi connectivity index (χ3n) is 4.44. The van der Waals surface area contributed by atoms with Gasteiger partial charge in [-0.1, -0.05) is 0 Å². The molecule has 3 rings (SSSR count). The van der Waals surface area contributed by atoms with E-state index in [-0.39, 0.29) is 0 Å². The highest BCUT2D eigenvalue weighted by molar-refractivity contribution is 5.44. The molecule has 7 nitrogen and oxygen atoms in total. The Morgan fingerprint density at radius 1 is 0.952 bits per heavy atom. The van der Waals surface area contributed by atoms with Gasteiger partial charge in [0.1, 0.15) is 0 Å². The van der Waals surface area contributed by atoms with Crippen molar-refractivity contribution in [2.24, 2.45) is 0 Å². The van der Waals surface area contributed by atoms with Gasteiger partial charge in [-0.05, 0) is 39.8 Å². The second kappa shape index (κ2) is 6.01. The van der Waals surface area contributed by atoms with Crippen LogP contribution >= 0.6 is 0 Å². The molecule has 0 aromatic carbocycles. The first-order chi connectivity index (χ1) is 10.1. The maximum atomic E-state index is 5.90. The molecule has 0 radical (unpaired) electrons. The molecule has 0 spiro atoms. The molecule has 1 unspecified atom stereocenters. The Morgan fingerprint density at radius 3 is 2.24 bits per heavy atom. The predicted octanol–water partition coefficient (Wildman–Crippen LogP) is 0.584. The van der Waals surface area contributed by atoms with E-state index in [1.54, 1.807) is 0 Å². The molecule has 2 aliphatic rings. The molecule has 0 aliphatic carbocycles. The molecule has 0 bridgehead atoms. The summed E-state index contributed by atoms with van der Waals surface area (Å²) in [7, 11) is 4.24. The van der Waals surface area contributed by atoms with Crippen molar-refractivity contribution in [3.05, 3.63) is 0 Å². The number of hydrogen-bond acceptors (Lipinski definition) is 7. The van der Waals surface area contributed by atoms with E-state index in [1.807, 2.05) is 0 Å². The minimum absolute atomic E-state index is 0.328. The van der Waals surface area contributed by atoms with Gasteiger partial charge in [0.15, 0.2) is 0 Å². The average Bonchev–Trinajstić information content (AvgIpc) is 2.98. The first-order valence-electron chi connectivity index (χ1n) is 7.81. The second-order valence-corrected chi connectivity index (χ2v) is 6.19. The van der Waals surface area contributed by atoms with Crippen LogP contribution < -0.4 is 15.5 Å². The summed E-state index contributed by atoms with van der Waals surface area (Å²) in [5.74, 6) is 1.80. The van der Waals surface area contributed by atoms with Crippen molar-refractivity contribution >= 4 is 17.8 Å². The molecule has 116 valence electrons. The van der Waals surface area contributed by atoms with Gasteiger partial charge in [0.05, 0.1) is 0 Å². The molecule has 3 heterocycles. The molecular formula is C14H25N7. The fourth-order valence-electron chi connectivity index (χ4n) is 3.09. The molecule has 1 aromatic heterocycles. The minimum Gasteiger partial charge on any atom is -0.368 e. The number of anilines is 3. The first kappa shape index (κ1) is 14.3. The Labute approximate surface area is 126 Å². The van der Waals surface area contributed by atoms with Gasteiger partial charge >= 0.3 is 0 Å². The lowest BCUT2D eigenvalue weighted by Crippen LogP contribution is -2.34. The standard InChI is InChI=1S/C14H25N7/c1-19(2)11-6-9-21(10-11)14-17-12(15)16-13(18-14)20-7-4-3-5-8-20/h11H,3-10H2,1-2H3,(H2,15,16,17,18). The predicted molar refractivity (Wildman–Crippen MR) is 84.6 cm³/mol. The van der Waals surface area contributed by atoms with Gasteiger partial charge in [0.25, 0.3) is 0 Å². The average molecular weight is 291 g/mol. The zero-order chi connectivity index (χ0) is 14.8. The van der Waals surface area contributed by atoms with Crippen LogP contribution in [-0.4, -0.2) is 66.2 Å². The van der Waals surface area contributed by atoms with E-state index in [1.165, 1.54) is 19.3 Å². The molecule has 2 aliphatic heterocycles. The molecule has 1 atom stereocenters. The van der Waals surface area contributed by atoms with Gasteiger partial charge in [-0.25, -0.2) is 0 Å². The van der Waals surface area contributed by atoms with E-state index in [2.05, 4.69) is 43.7 Å². The maximum absolute atomic E-state index is 5.90. The van der Waals surface area contributed by atoms with E-state index >= 15 is 0 Å². The molecule has 2 saturated heterocycles. The van der Waals surface area contributed by atoms with Gasteiger partial charge in [-0.2, -0.15) is 15.0 Å². The lowest BCUT2D eigenvalue weighted by molar-refractivity contribution is 0.315. The zero-order valence-corrected chi connectivity index (χ0v) is 13.0. The summed E-state index contributed by atoms with van der Waals surface area (Å²) in [5, 5.41) is 0. The smallest absolute Gasteiger partial charge is 0.232 e. The van der Waals surface area contributed by atoms with Crippen molar-refractivity contribution in [1.29, 1.82) is 0 Å². The summed E-state index contributed by atoms with van der Waals surface area (Å²) in [6, 6.07) is 0.557. The summed E-state index contributed by atoms with van der Waals surface area (Å²) in [6.45, 7) is 3.97. The number of piperidine rings is 1. The third-order valence-corrected chi connectivity index (χ3v) is 4.44. The third kappa shape index (κ3) is 3.18. The van der Waals surface area contributed by atoms with Crippen LogP contribution in [0.2, 0.25) is 0 Å². The minimum atomic E-state index is 0.328. The van der Waals surface area contributed by atoms with Gasteiger partial charge < -0.3 is 20.4 Å². The molecule has 1 aromatic rings. The fraction of sp³-hybridized carbons (Fsp3) is 0.786. The largest absolute Gasteiger partial charge is 0.368 e. The fourth-order valence-corrected chi connectivity index (χ4v) is 3.09. The summed E-state index contributed by atoms with van der Waals surface area (Å²) < 4.78 is 0. The Hall–Kier alpha value is -1.63. The highest BCUT2D eigenvalue weighted by Crippen LogP contribution is 2.22. The van der Waals surface area contributed by atoms with Crippen LogP contribution in [0.5, 0.6) is 0 Å². The number of rotatable bonds is 3. The molecule has 2 N–H and O–H groups in total. The maximum Gasteiger partial charge on any atom is 0.232 e. The van der Waals surface area contributed by atoms with Gasteiger partial charge in [-0.3, -0.25) is 0 Å². The summed E-state index contributed by atoms with van der Waals surface area (Å²) in [5.41, 5.74) is 5.90. The lowest BCUT2D eigenvalue weighted by Gasteiger charge is -2.27. The molecule has 7 heteroatoms. The summed E-state index contributed by atoms with van der Waals surface area (Å²) in [4.78, 5) is 20.0. The number of likely N-dealkylation sites (N-methyl/N-ethyl adjacent to an activating group) is 1. The van der Waals surface area contributed by atoms with Crippen LogP contribution in [0.25, 0.3) is 0 Å². The van der Waals surface area contributed by atoms with Crippen molar-refractivity contribution in [3.8, 4) is 0 Å².